The van der Waals surface area contributed by atoms with Gasteiger partial charge >= 0.3 is 6.18 Å². The maximum absolute atomic E-state index is 14.6. The minimum absolute atomic E-state index is 0.0389. The van der Waals surface area contributed by atoms with Crippen LogP contribution >= 0.6 is 11.8 Å². The summed E-state index contributed by atoms with van der Waals surface area (Å²) in [4.78, 5) is 33.2. The highest BCUT2D eigenvalue weighted by Crippen LogP contribution is 2.31. The Morgan fingerprint density at radius 1 is 0.915 bits per heavy atom. The Labute approximate surface area is 284 Å². The third-order valence-electron chi connectivity index (χ3n) is 7.78. The van der Waals surface area contributed by atoms with Gasteiger partial charge in [-0.2, -0.15) is 18.2 Å². The Bertz CT molecular complexity index is 1990. The molecule has 47 heavy (non-hydrogen) atoms. The molecule has 6 nitrogen and oxygen atoms in total. The van der Waals surface area contributed by atoms with Gasteiger partial charge in [0.25, 0.3) is 5.56 Å². The molecule has 0 spiro atoms. The van der Waals surface area contributed by atoms with Crippen molar-refractivity contribution in [2.75, 3.05) is 26.1 Å². The monoisotopic (exact) mass is 672 g/mol. The number of halogens is 4. The number of hydrogen-bond acceptors (Lipinski definition) is 5. The SMILES string of the molecule is [2H]C([2H])(c1ccc(-c2ccc(C(F)(F)F)cc2)cc1)N(C(=O)Cn1c(SCc2ccc(F)cc2)nc(=O)c2c1CCC2)C([2H])([2H])C([2H])([2H])N(CC)CC. The van der Waals surface area contributed by atoms with Gasteiger partial charge in [-0.15, -0.1) is 0 Å². The van der Waals surface area contributed by atoms with Gasteiger partial charge in [-0.1, -0.05) is 74.1 Å². The Morgan fingerprint density at radius 2 is 1.53 bits per heavy atom. The first kappa shape index (κ1) is 27.0. The van der Waals surface area contributed by atoms with Crippen LogP contribution in [0.1, 0.15) is 56.4 Å². The summed E-state index contributed by atoms with van der Waals surface area (Å²) in [5, 5.41) is 0.113. The van der Waals surface area contributed by atoms with Crippen molar-refractivity contribution in [3.63, 3.8) is 0 Å². The number of hydrogen-bond donors (Lipinski definition) is 0. The molecule has 0 unspecified atom stereocenters. The second kappa shape index (κ2) is 15.3. The first-order valence-corrected chi connectivity index (χ1v) is 16.2. The van der Waals surface area contributed by atoms with E-state index in [-0.39, 0.29) is 34.5 Å². The topological polar surface area (TPSA) is 58.4 Å². The Morgan fingerprint density at radius 3 is 2.15 bits per heavy atom. The number of carbonyl (C=O) groups is 1. The number of aromatic nitrogens is 2. The van der Waals surface area contributed by atoms with Crippen molar-refractivity contribution >= 4 is 17.7 Å². The minimum Gasteiger partial charge on any atom is -0.336 e. The maximum atomic E-state index is 14.6. The van der Waals surface area contributed by atoms with Crippen LogP contribution < -0.4 is 5.56 Å². The van der Waals surface area contributed by atoms with E-state index in [0.29, 0.717) is 47.2 Å². The van der Waals surface area contributed by atoms with E-state index in [9.17, 15) is 29.9 Å². The molecule has 1 aliphatic carbocycles. The van der Waals surface area contributed by atoms with Crippen molar-refractivity contribution in [2.45, 2.75) is 63.2 Å². The van der Waals surface area contributed by atoms with E-state index in [2.05, 4.69) is 4.98 Å². The van der Waals surface area contributed by atoms with E-state index >= 15 is 0 Å². The first-order chi connectivity index (χ1) is 24.8. The average Bonchev–Trinajstić information content (AvgIpc) is 3.60. The van der Waals surface area contributed by atoms with E-state index < -0.39 is 55.1 Å². The fourth-order valence-electron chi connectivity index (χ4n) is 5.17. The van der Waals surface area contributed by atoms with Gasteiger partial charge in [-0.3, -0.25) is 9.59 Å². The van der Waals surface area contributed by atoms with Crippen LogP contribution in [0, 0.1) is 5.82 Å². The molecule has 1 aliphatic rings. The molecule has 5 rings (SSSR count). The van der Waals surface area contributed by atoms with Crippen LogP contribution in [0.3, 0.4) is 0 Å². The second-order valence-corrected chi connectivity index (χ2v) is 11.8. The van der Waals surface area contributed by atoms with Crippen LogP contribution in [0.2, 0.25) is 0 Å². The number of amides is 1. The molecule has 0 aliphatic heterocycles. The lowest BCUT2D eigenvalue weighted by Gasteiger charge is -2.28. The predicted molar refractivity (Wildman–Crippen MR) is 177 cm³/mol. The smallest absolute Gasteiger partial charge is 0.336 e. The van der Waals surface area contributed by atoms with E-state index in [1.165, 1.54) is 53.1 Å². The third-order valence-corrected chi connectivity index (χ3v) is 8.83. The molecule has 4 aromatic rings. The summed E-state index contributed by atoms with van der Waals surface area (Å²) in [6, 6.07) is 15.5. The van der Waals surface area contributed by atoms with Crippen molar-refractivity contribution < 1.29 is 30.6 Å². The minimum atomic E-state index is -4.53. The number of benzene rings is 3. The zero-order valence-electron chi connectivity index (χ0n) is 31.9. The van der Waals surface area contributed by atoms with E-state index in [1.54, 1.807) is 26.0 Å². The number of likely N-dealkylation sites (N-methyl/N-ethyl adjacent to an activating group) is 1. The molecule has 0 radical (unpaired) electrons. The molecule has 0 bridgehead atoms. The van der Waals surface area contributed by atoms with Gasteiger partial charge in [-0.25, -0.2) is 4.39 Å². The van der Waals surface area contributed by atoms with Crippen molar-refractivity contribution in [2.24, 2.45) is 0 Å². The highest BCUT2D eigenvalue weighted by molar-refractivity contribution is 7.98. The summed E-state index contributed by atoms with van der Waals surface area (Å²) in [5.74, 6) is -1.33. The van der Waals surface area contributed by atoms with E-state index in [4.69, 9.17) is 5.48 Å². The molecule has 3 aromatic carbocycles. The van der Waals surface area contributed by atoms with Gasteiger partial charge in [0, 0.05) is 39.2 Å². The Kier molecular flexibility index (Phi) is 8.80. The van der Waals surface area contributed by atoms with Gasteiger partial charge in [0.05, 0.1) is 11.0 Å². The fraction of sp³-hybridized carbons (Fsp3) is 0.361. The zero-order chi connectivity index (χ0) is 38.9. The summed E-state index contributed by atoms with van der Waals surface area (Å²) >= 11 is 1.10. The number of fused-ring (bicyclic) bond motifs is 1. The summed E-state index contributed by atoms with van der Waals surface area (Å²) in [6.45, 7) is -6.55. The number of nitrogens with zero attached hydrogens (tertiary/aromatic N) is 4. The van der Waals surface area contributed by atoms with E-state index in [1.807, 2.05) is 0 Å². The van der Waals surface area contributed by atoms with Crippen LogP contribution in [0.15, 0.2) is 82.7 Å². The molecule has 0 atom stereocenters. The zero-order valence-corrected chi connectivity index (χ0v) is 26.7. The Hall–Kier alpha value is -3.96. The molecule has 248 valence electrons. The van der Waals surface area contributed by atoms with Crippen molar-refractivity contribution in [3.05, 3.63) is 117 Å². The van der Waals surface area contributed by atoms with Gasteiger partial charge in [0.2, 0.25) is 5.91 Å². The molecule has 1 heterocycles. The third kappa shape index (κ3) is 8.70. The summed E-state index contributed by atoms with van der Waals surface area (Å²) in [5.41, 5.74) is 0.879. The predicted octanol–water partition coefficient (Wildman–Crippen LogP) is 7.22. The largest absolute Gasteiger partial charge is 0.416 e. The van der Waals surface area contributed by atoms with Crippen LogP contribution in [-0.4, -0.2) is 51.3 Å². The lowest BCUT2D eigenvalue weighted by molar-refractivity contribution is -0.137. The van der Waals surface area contributed by atoms with Crippen molar-refractivity contribution in [3.8, 4) is 11.1 Å². The molecule has 0 N–H and O–H groups in total. The quantitative estimate of drug-likeness (QED) is 0.0853. The Balaban J connectivity index is 1.57. The van der Waals surface area contributed by atoms with Crippen molar-refractivity contribution in [1.29, 1.82) is 0 Å². The van der Waals surface area contributed by atoms with Crippen LogP contribution in [0.4, 0.5) is 17.6 Å². The average molecular weight is 673 g/mol. The van der Waals surface area contributed by atoms with Gasteiger partial charge in [0.15, 0.2) is 5.16 Å². The maximum Gasteiger partial charge on any atom is 0.416 e. The lowest BCUT2D eigenvalue weighted by atomic mass is 10.0. The highest BCUT2D eigenvalue weighted by Gasteiger charge is 2.30. The summed E-state index contributed by atoms with van der Waals surface area (Å²) in [7, 11) is 0. The van der Waals surface area contributed by atoms with Gasteiger partial charge in [0.1, 0.15) is 12.4 Å². The molecule has 0 fully saturated rings. The molecule has 1 aromatic heterocycles. The number of thioether (sulfide) groups is 1. The van der Waals surface area contributed by atoms with Crippen LogP contribution in [0.5, 0.6) is 0 Å². The van der Waals surface area contributed by atoms with Crippen LogP contribution in [0.25, 0.3) is 11.1 Å². The number of carbonyl (C=O) groups excluding carboxylic acids is 1. The molecule has 11 heteroatoms. The normalized spacial score (nSPS) is 15.6. The number of rotatable bonds is 13. The molecule has 1 amide bonds. The highest BCUT2D eigenvalue weighted by atomic mass is 32.2. The van der Waals surface area contributed by atoms with Crippen molar-refractivity contribution in [1.82, 2.24) is 19.4 Å². The molecule has 0 saturated heterocycles. The summed E-state index contributed by atoms with van der Waals surface area (Å²) in [6.07, 6.45) is -3.14. The van der Waals surface area contributed by atoms with Gasteiger partial charge < -0.3 is 14.4 Å². The first-order valence-electron chi connectivity index (χ1n) is 18.2. The van der Waals surface area contributed by atoms with Gasteiger partial charge in [-0.05, 0) is 78.9 Å². The molecular weight excluding hydrogens is 628 g/mol. The second-order valence-electron chi connectivity index (χ2n) is 10.9. The standard InChI is InChI=1S/C36H38F4N4O2S/c1-3-42(4-2)20-21-43(22-25-8-12-27(13-9-25)28-14-16-29(17-15-28)36(38,39)40)33(45)23-44-32-7-5-6-31(32)34(46)41-35(44)47-24-26-10-18-30(37)19-11-26/h8-19H,3-7,20-24H2,1-2H3/i20D2,21D2,22D2. The summed E-state index contributed by atoms with van der Waals surface area (Å²) < 4.78 is 109. The molecule has 0 saturated carbocycles. The fourth-order valence-corrected chi connectivity index (χ4v) is 6.13. The number of alkyl halides is 3. The lowest BCUT2D eigenvalue weighted by Crippen LogP contribution is -2.40. The van der Waals surface area contributed by atoms with Crippen LogP contribution in [-0.2, 0) is 42.6 Å². The van der Waals surface area contributed by atoms with E-state index in [0.717, 1.165) is 28.8 Å². The molecular formula is C36H38F4N4O2S.